The predicted molar refractivity (Wildman–Crippen MR) is 70.3 cm³/mol. The number of hydrogen-bond acceptors (Lipinski definition) is 4. The van der Waals surface area contributed by atoms with Gasteiger partial charge < -0.3 is 19.9 Å². The van der Waals surface area contributed by atoms with Crippen molar-refractivity contribution in [2.24, 2.45) is 0 Å². The van der Waals surface area contributed by atoms with E-state index in [1.165, 1.54) is 19.2 Å². The first-order chi connectivity index (χ1) is 9.54. The van der Waals surface area contributed by atoms with Crippen molar-refractivity contribution in [2.75, 3.05) is 26.9 Å². The molecule has 1 heterocycles. The summed E-state index contributed by atoms with van der Waals surface area (Å²) in [6, 6.07) is 4.02. The average Bonchev–Trinajstić information content (AvgIpc) is 2.45. The lowest BCUT2D eigenvalue weighted by Crippen LogP contribution is -2.46. The molecule has 0 radical (unpaired) electrons. The third kappa shape index (κ3) is 3.46. The summed E-state index contributed by atoms with van der Waals surface area (Å²) < 4.78 is 23.8. The topological polar surface area (TPSA) is 67.8 Å². The highest BCUT2D eigenvalue weighted by molar-refractivity contribution is 5.94. The molecule has 0 aliphatic carbocycles. The Hall–Kier alpha value is -1.66. The van der Waals surface area contributed by atoms with E-state index < -0.39 is 17.3 Å². The number of hydrogen-bond donors (Lipinski definition) is 2. The van der Waals surface area contributed by atoms with Crippen LogP contribution in [0.1, 0.15) is 23.2 Å². The van der Waals surface area contributed by atoms with Crippen molar-refractivity contribution in [3.63, 3.8) is 0 Å². The van der Waals surface area contributed by atoms with Crippen LogP contribution >= 0.6 is 0 Å². The highest BCUT2D eigenvalue weighted by Crippen LogP contribution is 2.20. The summed E-state index contributed by atoms with van der Waals surface area (Å²) in [6.07, 6.45) is 0.913. The molecule has 1 aromatic carbocycles. The monoisotopic (exact) mass is 283 g/mol. The van der Waals surface area contributed by atoms with Crippen LogP contribution in [0.15, 0.2) is 18.2 Å². The molecule has 1 fully saturated rings. The molecule has 110 valence electrons. The van der Waals surface area contributed by atoms with E-state index in [0.717, 1.165) is 6.07 Å². The number of aliphatic hydroxyl groups is 1. The van der Waals surface area contributed by atoms with E-state index in [2.05, 4.69) is 5.32 Å². The summed E-state index contributed by atoms with van der Waals surface area (Å²) >= 11 is 0. The van der Waals surface area contributed by atoms with E-state index >= 15 is 0 Å². The van der Waals surface area contributed by atoms with Gasteiger partial charge in [0.2, 0.25) is 0 Å². The molecule has 1 amide bonds. The quantitative estimate of drug-likeness (QED) is 0.868. The van der Waals surface area contributed by atoms with Crippen LogP contribution in [-0.2, 0) is 4.74 Å². The number of carbonyl (C=O) groups is 1. The maximum Gasteiger partial charge on any atom is 0.254 e. The second kappa shape index (κ2) is 6.19. The highest BCUT2D eigenvalue weighted by Gasteiger charge is 2.30. The molecule has 1 aromatic rings. The maximum absolute atomic E-state index is 13.7. The molecular formula is C14H18FNO4. The van der Waals surface area contributed by atoms with E-state index in [-0.39, 0.29) is 12.1 Å². The summed E-state index contributed by atoms with van der Waals surface area (Å²) in [5.74, 6) is -0.854. The number of benzene rings is 1. The fourth-order valence-corrected chi connectivity index (χ4v) is 2.08. The van der Waals surface area contributed by atoms with E-state index in [4.69, 9.17) is 9.47 Å². The summed E-state index contributed by atoms with van der Waals surface area (Å²) in [4.78, 5) is 11.9. The van der Waals surface area contributed by atoms with Crippen molar-refractivity contribution >= 4 is 5.91 Å². The van der Waals surface area contributed by atoms with E-state index in [1.807, 2.05) is 0 Å². The smallest absolute Gasteiger partial charge is 0.254 e. The Kier molecular flexibility index (Phi) is 4.57. The summed E-state index contributed by atoms with van der Waals surface area (Å²) in [7, 11) is 1.43. The molecular weight excluding hydrogens is 265 g/mol. The number of methoxy groups -OCH3 is 1. The van der Waals surface area contributed by atoms with Crippen molar-refractivity contribution in [3.05, 3.63) is 29.6 Å². The SMILES string of the molecule is COc1ccc(C(=O)NCC2(O)CCOCC2)c(F)c1. The molecule has 0 spiro atoms. The number of amides is 1. The molecule has 1 aliphatic heterocycles. The molecule has 0 aromatic heterocycles. The zero-order chi connectivity index (χ0) is 14.6. The average molecular weight is 283 g/mol. The van der Waals surface area contributed by atoms with Gasteiger partial charge in [-0.3, -0.25) is 4.79 Å². The molecule has 1 saturated heterocycles. The van der Waals surface area contributed by atoms with Crippen LogP contribution in [-0.4, -0.2) is 43.5 Å². The molecule has 20 heavy (non-hydrogen) atoms. The van der Waals surface area contributed by atoms with Crippen LogP contribution in [0.5, 0.6) is 5.75 Å². The van der Waals surface area contributed by atoms with Gasteiger partial charge in [0, 0.05) is 38.7 Å². The van der Waals surface area contributed by atoms with Gasteiger partial charge in [-0.15, -0.1) is 0 Å². The normalized spacial score (nSPS) is 17.6. The molecule has 2 N–H and O–H groups in total. The van der Waals surface area contributed by atoms with Gasteiger partial charge in [-0.1, -0.05) is 0 Å². The van der Waals surface area contributed by atoms with Gasteiger partial charge in [-0.05, 0) is 12.1 Å². The van der Waals surface area contributed by atoms with Crippen molar-refractivity contribution in [1.29, 1.82) is 0 Å². The number of ether oxygens (including phenoxy) is 2. The maximum atomic E-state index is 13.7. The Bertz CT molecular complexity index is 486. The summed E-state index contributed by atoms with van der Waals surface area (Å²) in [6.45, 7) is 1.01. The van der Waals surface area contributed by atoms with Crippen LogP contribution < -0.4 is 10.1 Å². The van der Waals surface area contributed by atoms with Gasteiger partial charge in [0.25, 0.3) is 5.91 Å². The minimum absolute atomic E-state index is 0.0681. The number of nitrogens with one attached hydrogen (secondary N) is 1. The molecule has 0 atom stereocenters. The lowest BCUT2D eigenvalue weighted by Gasteiger charge is -2.32. The van der Waals surface area contributed by atoms with Gasteiger partial charge >= 0.3 is 0 Å². The Morgan fingerprint density at radius 1 is 1.50 bits per heavy atom. The second-order valence-electron chi connectivity index (χ2n) is 4.87. The van der Waals surface area contributed by atoms with Gasteiger partial charge in [-0.25, -0.2) is 4.39 Å². The third-order valence-electron chi connectivity index (χ3n) is 3.42. The van der Waals surface area contributed by atoms with Gasteiger partial charge in [-0.2, -0.15) is 0 Å². The first-order valence-electron chi connectivity index (χ1n) is 6.46. The lowest BCUT2D eigenvalue weighted by molar-refractivity contribution is -0.0605. The molecule has 1 aliphatic rings. The fraction of sp³-hybridized carbons (Fsp3) is 0.500. The Morgan fingerprint density at radius 2 is 2.20 bits per heavy atom. The second-order valence-corrected chi connectivity index (χ2v) is 4.87. The molecule has 0 bridgehead atoms. The van der Waals surface area contributed by atoms with E-state index in [0.29, 0.717) is 31.8 Å². The first kappa shape index (κ1) is 14.7. The molecule has 2 rings (SSSR count). The van der Waals surface area contributed by atoms with Gasteiger partial charge in [0.05, 0.1) is 18.3 Å². The minimum atomic E-state index is -0.975. The number of rotatable bonds is 4. The van der Waals surface area contributed by atoms with Gasteiger partial charge in [0.1, 0.15) is 11.6 Å². The predicted octanol–water partition coefficient (Wildman–Crippen LogP) is 1.11. The fourth-order valence-electron chi connectivity index (χ4n) is 2.08. The van der Waals surface area contributed by atoms with E-state index in [1.54, 1.807) is 0 Å². The van der Waals surface area contributed by atoms with Crippen molar-refractivity contribution in [2.45, 2.75) is 18.4 Å². The summed E-state index contributed by atoms with van der Waals surface area (Å²) in [5.41, 5.74) is -1.04. The standard InChI is InChI=1S/C14H18FNO4/c1-19-10-2-3-11(12(15)8-10)13(17)16-9-14(18)4-6-20-7-5-14/h2-3,8,18H,4-7,9H2,1H3,(H,16,17). The van der Waals surface area contributed by atoms with E-state index in [9.17, 15) is 14.3 Å². The minimum Gasteiger partial charge on any atom is -0.497 e. The largest absolute Gasteiger partial charge is 0.497 e. The van der Waals surface area contributed by atoms with Crippen LogP contribution in [0.25, 0.3) is 0 Å². The Morgan fingerprint density at radius 3 is 2.80 bits per heavy atom. The van der Waals surface area contributed by atoms with Crippen molar-refractivity contribution < 1.29 is 23.8 Å². The van der Waals surface area contributed by atoms with Crippen LogP contribution in [0.4, 0.5) is 4.39 Å². The van der Waals surface area contributed by atoms with Crippen LogP contribution in [0.2, 0.25) is 0 Å². The zero-order valence-electron chi connectivity index (χ0n) is 11.3. The third-order valence-corrected chi connectivity index (χ3v) is 3.42. The molecule has 0 saturated carbocycles. The van der Waals surface area contributed by atoms with Crippen LogP contribution in [0, 0.1) is 5.82 Å². The number of halogens is 1. The molecule has 5 nitrogen and oxygen atoms in total. The molecule has 6 heteroatoms. The Balaban J connectivity index is 1.98. The Labute approximate surface area is 116 Å². The first-order valence-corrected chi connectivity index (χ1v) is 6.46. The van der Waals surface area contributed by atoms with Crippen LogP contribution in [0.3, 0.4) is 0 Å². The highest BCUT2D eigenvalue weighted by atomic mass is 19.1. The van der Waals surface area contributed by atoms with Crippen molar-refractivity contribution in [3.8, 4) is 5.75 Å². The number of carbonyl (C=O) groups excluding carboxylic acids is 1. The zero-order valence-corrected chi connectivity index (χ0v) is 11.3. The lowest BCUT2D eigenvalue weighted by atomic mass is 9.94. The van der Waals surface area contributed by atoms with Crippen molar-refractivity contribution in [1.82, 2.24) is 5.32 Å². The summed E-state index contributed by atoms with van der Waals surface area (Å²) in [5, 5.41) is 12.8. The molecule has 0 unspecified atom stereocenters. The van der Waals surface area contributed by atoms with Gasteiger partial charge in [0.15, 0.2) is 0 Å².